The highest BCUT2D eigenvalue weighted by Crippen LogP contribution is 2.27. The van der Waals surface area contributed by atoms with Crippen LogP contribution < -0.4 is 4.74 Å². The molecule has 7 nitrogen and oxygen atoms in total. The monoisotopic (exact) mass is 378 g/mol. The quantitative estimate of drug-likeness (QED) is 0.484. The first-order chi connectivity index (χ1) is 12.1. The third kappa shape index (κ3) is 4.26. The van der Waals surface area contributed by atoms with E-state index in [0.717, 1.165) is 0 Å². The van der Waals surface area contributed by atoms with Gasteiger partial charge in [0.1, 0.15) is 25.3 Å². The van der Waals surface area contributed by atoms with Gasteiger partial charge < -0.3 is 9.47 Å². The van der Waals surface area contributed by atoms with Gasteiger partial charge in [-0.15, -0.1) is 5.10 Å². The van der Waals surface area contributed by atoms with Crippen LogP contribution in [0.15, 0.2) is 48.8 Å². The van der Waals surface area contributed by atoms with Gasteiger partial charge in [0, 0.05) is 5.02 Å². The second-order valence-electron chi connectivity index (χ2n) is 4.83. The van der Waals surface area contributed by atoms with E-state index >= 15 is 0 Å². The van der Waals surface area contributed by atoms with Crippen LogP contribution in [-0.2, 0) is 4.74 Å². The lowest BCUT2D eigenvalue weighted by Crippen LogP contribution is -2.14. The number of ether oxygens (including phenoxy) is 2. The fraction of sp³-hybridized carbons (Fsp3) is 0.125. The average molecular weight is 379 g/mol. The van der Waals surface area contributed by atoms with E-state index in [2.05, 4.69) is 15.5 Å². The molecule has 1 heterocycles. The number of benzene rings is 2. The number of aromatic nitrogens is 4. The van der Waals surface area contributed by atoms with Crippen LogP contribution in [0.2, 0.25) is 10.0 Å². The lowest BCUT2D eigenvalue weighted by Gasteiger charge is -2.10. The number of esters is 1. The maximum atomic E-state index is 12.3. The van der Waals surface area contributed by atoms with Crippen LogP contribution >= 0.6 is 23.2 Å². The maximum Gasteiger partial charge on any atom is 0.340 e. The molecule has 0 aliphatic heterocycles. The van der Waals surface area contributed by atoms with E-state index < -0.39 is 5.97 Å². The number of halogens is 2. The molecule has 9 heteroatoms. The molecule has 0 radical (unpaired) electrons. The molecule has 2 aromatic carbocycles. The Balaban J connectivity index is 1.58. The molecule has 0 saturated heterocycles. The Morgan fingerprint density at radius 3 is 2.72 bits per heavy atom. The molecule has 0 unspecified atom stereocenters. The van der Waals surface area contributed by atoms with Crippen molar-refractivity contribution in [3.05, 3.63) is 64.4 Å². The maximum absolute atomic E-state index is 12.3. The fourth-order valence-electron chi connectivity index (χ4n) is 2.07. The Hall–Kier alpha value is -2.64. The molecule has 3 rings (SSSR count). The largest absolute Gasteiger partial charge is 0.488 e. The molecule has 128 valence electrons. The van der Waals surface area contributed by atoms with Gasteiger partial charge in [-0.05, 0) is 40.8 Å². The van der Waals surface area contributed by atoms with Crippen LogP contribution in [0, 0.1) is 0 Å². The summed E-state index contributed by atoms with van der Waals surface area (Å²) in [4.78, 5) is 12.3. The Morgan fingerprint density at radius 1 is 1.12 bits per heavy atom. The van der Waals surface area contributed by atoms with Crippen LogP contribution in [0.4, 0.5) is 0 Å². The zero-order chi connectivity index (χ0) is 17.6. The molecule has 0 N–H and O–H groups in total. The minimum absolute atomic E-state index is 0.0573. The van der Waals surface area contributed by atoms with Crippen molar-refractivity contribution < 1.29 is 14.3 Å². The molecule has 0 amide bonds. The number of carbonyl (C=O) groups excluding carboxylic acids is 1. The molecule has 0 bridgehead atoms. The number of nitrogens with zero attached hydrogens (tertiary/aromatic N) is 4. The van der Waals surface area contributed by atoms with Crippen molar-refractivity contribution in [2.75, 3.05) is 13.2 Å². The van der Waals surface area contributed by atoms with E-state index in [1.165, 1.54) is 11.0 Å². The Kier molecular flexibility index (Phi) is 5.47. The first kappa shape index (κ1) is 17.2. The summed E-state index contributed by atoms with van der Waals surface area (Å²) < 4.78 is 12.1. The van der Waals surface area contributed by atoms with Crippen molar-refractivity contribution in [2.45, 2.75) is 0 Å². The number of rotatable bonds is 6. The van der Waals surface area contributed by atoms with Gasteiger partial charge in [0.25, 0.3) is 0 Å². The fourth-order valence-corrected chi connectivity index (χ4v) is 2.54. The van der Waals surface area contributed by atoms with Crippen molar-refractivity contribution in [3.63, 3.8) is 0 Å². The highest BCUT2D eigenvalue weighted by molar-refractivity contribution is 6.35. The predicted molar refractivity (Wildman–Crippen MR) is 91.4 cm³/mol. The summed E-state index contributed by atoms with van der Waals surface area (Å²) in [6.07, 6.45) is 1.40. The summed E-state index contributed by atoms with van der Waals surface area (Å²) >= 11 is 11.8. The lowest BCUT2D eigenvalue weighted by molar-refractivity contribution is 0.0450. The molecule has 0 spiro atoms. The summed E-state index contributed by atoms with van der Waals surface area (Å²) in [6.45, 7) is 0.210. The van der Waals surface area contributed by atoms with E-state index in [-0.39, 0.29) is 13.2 Å². The number of carbonyl (C=O) groups is 1. The second-order valence-corrected chi connectivity index (χ2v) is 5.67. The molecule has 25 heavy (non-hydrogen) atoms. The predicted octanol–water partition coefficient (Wildman–Crippen LogP) is 3.20. The molecule has 0 atom stereocenters. The van der Waals surface area contributed by atoms with Crippen LogP contribution in [0.5, 0.6) is 5.75 Å². The van der Waals surface area contributed by atoms with Crippen LogP contribution in [0.1, 0.15) is 10.4 Å². The normalized spacial score (nSPS) is 10.5. The van der Waals surface area contributed by atoms with Gasteiger partial charge in [0.15, 0.2) is 0 Å². The summed E-state index contributed by atoms with van der Waals surface area (Å²) in [5, 5.41) is 11.8. The minimum Gasteiger partial charge on any atom is -0.488 e. The smallest absolute Gasteiger partial charge is 0.340 e. The highest BCUT2D eigenvalue weighted by atomic mass is 35.5. The van der Waals surface area contributed by atoms with E-state index in [0.29, 0.717) is 27.0 Å². The SMILES string of the molecule is O=C(OCCOc1ccc(Cl)cc1Cl)c1ccccc1-n1cnnn1. The molecule has 0 saturated carbocycles. The van der Waals surface area contributed by atoms with Gasteiger partial charge in [-0.3, -0.25) is 0 Å². The van der Waals surface area contributed by atoms with Crippen molar-refractivity contribution in [1.82, 2.24) is 20.2 Å². The number of hydrogen-bond donors (Lipinski definition) is 0. The van der Waals surface area contributed by atoms with Gasteiger partial charge in [-0.2, -0.15) is 4.68 Å². The van der Waals surface area contributed by atoms with Gasteiger partial charge >= 0.3 is 5.97 Å². The van der Waals surface area contributed by atoms with Crippen LogP contribution in [0.25, 0.3) is 5.69 Å². The van der Waals surface area contributed by atoms with E-state index in [4.69, 9.17) is 32.7 Å². The van der Waals surface area contributed by atoms with Gasteiger partial charge in [0.05, 0.1) is 16.3 Å². The molecule has 3 aromatic rings. The molecular formula is C16H12Cl2N4O3. The number of tetrazole rings is 1. The molecule has 0 fully saturated rings. The summed E-state index contributed by atoms with van der Waals surface area (Å²) in [5.41, 5.74) is 0.874. The van der Waals surface area contributed by atoms with Gasteiger partial charge in [0.2, 0.25) is 0 Å². The molecule has 0 aliphatic carbocycles. The first-order valence-corrected chi connectivity index (χ1v) is 7.98. The van der Waals surface area contributed by atoms with Crippen molar-refractivity contribution >= 4 is 29.2 Å². The Morgan fingerprint density at radius 2 is 1.96 bits per heavy atom. The lowest BCUT2D eigenvalue weighted by atomic mass is 10.2. The summed E-state index contributed by atoms with van der Waals surface area (Å²) in [5.74, 6) is -0.0342. The minimum atomic E-state index is -0.503. The highest BCUT2D eigenvalue weighted by Gasteiger charge is 2.14. The Bertz CT molecular complexity index is 872. The zero-order valence-corrected chi connectivity index (χ0v) is 14.3. The van der Waals surface area contributed by atoms with E-state index in [9.17, 15) is 4.79 Å². The van der Waals surface area contributed by atoms with Crippen LogP contribution in [0.3, 0.4) is 0 Å². The third-order valence-electron chi connectivity index (χ3n) is 3.19. The topological polar surface area (TPSA) is 79.1 Å². The molecule has 0 aliphatic rings. The molecular weight excluding hydrogens is 367 g/mol. The standard InChI is InChI=1S/C16H12Cl2N4O3/c17-11-5-6-15(13(18)9-11)24-7-8-25-16(23)12-3-1-2-4-14(12)22-10-19-20-21-22/h1-6,9-10H,7-8H2. The first-order valence-electron chi connectivity index (χ1n) is 7.22. The van der Waals surface area contributed by atoms with Gasteiger partial charge in [-0.1, -0.05) is 35.3 Å². The van der Waals surface area contributed by atoms with Crippen LogP contribution in [-0.4, -0.2) is 39.4 Å². The summed E-state index contributed by atoms with van der Waals surface area (Å²) in [6, 6.07) is 11.8. The van der Waals surface area contributed by atoms with Crippen molar-refractivity contribution in [3.8, 4) is 11.4 Å². The van der Waals surface area contributed by atoms with E-state index in [1.807, 2.05) is 0 Å². The van der Waals surface area contributed by atoms with Crippen molar-refractivity contribution in [1.29, 1.82) is 0 Å². The third-order valence-corrected chi connectivity index (χ3v) is 3.72. The van der Waals surface area contributed by atoms with Gasteiger partial charge in [-0.25, -0.2) is 4.79 Å². The zero-order valence-electron chi connectivity index (χ0n) is 12.8. The summed E-state index contributed by atoms with van der Waals surface area (Å²) in [7, 11) is 0. The molecule has 1 aromatic heterocycles. The Labute approximate surface area is 153 Å². The van der Waals surface area contributed by atoms with E-state index in [1.54, 1.807) is 42.5 Å². The average Bonchev–Trinajstić information content (AvgIpc) is 3.14. The number of para-hydroxylation sites is 1. The second kappa shape index (κ2) is 7.96. The van der Waals surface area contributed by atoms with Crippen molar-refractivity contribution in [2.24, 2.45) is 0 Å². The number of hydrogen-bond acceptors (Lipinski definition) is 6.